The summed E-state index contributed by atoms with van der Waals surface area (Å²) >= 11 is 11.6. The molecular weight excluding hydrogens is 349 g/mol. The van der Waals surface area contributed by atoms with Crippen LogP contribution in [0, 0.1) is 0 Å². The van der Waals surface area contributed by atoms with E-state index in [0.717, 1.165) is 0 Å². The van der Waals surface area contributed by atoms with Crippen LogP contribution in [0.1, 0.15) is 5.56 Å². The number of nitrogens with one attached hydrogen (secondary N) is 2. The van der Waals surface area contributed by atoms with Crippen LogP contribution in [-0.4, -0.2) is 32.6 Å². The number of hydrogen-bond acceptors (Lipinski definition) is 2. The molecule has 0 saturated heterocycles. The van der Waals surface area contributed by atoms with Crippen molar-refractivity contribution in [3.8, 4) is 5.75 Å². The van der Waals surface area contributed by atoms with Crippen molar-refractivity contribution in [3.05, 3.63) is 27.7 Å². The summed E-state index contributed by atoms with van der Waals surface area (Å²) in [5.74, 6) is -0.169. The Hall–Kier alpha value is -1.41. The Bertz CT molecular complexity index is 529. The second-order valence-corrected chi connectivity index (χ2v) is 4.80. The summed E-state index contributed by atoms with van der Waals surface area (Å²) < 4.78 is 53.4. The Labute approximate surface area is 134 Å². The molecule has 0 aromatic heterocycles. The van der Waals surface area contributed by atoms with Gasteiger partial charge in [-0.3, -0.25) is 4.99 Å². The lowest BCUT2D eigenvalue weighted by molar-refractivity contribution is -0.0504. The third kappa shape index (κ3) is 6.15. The van der Waals surface area contributed by atoms with E-state index in [1.807, 2.05) is 0 Å². The molecule has 0 saturated carbocycles. The first-order valence-electron chi connectivity index (χ1n) is 5.99. The predicted molar refractivity (Wildman–Crippen MR) is 77.3 cm³/mol. The van der Waals surface area contributed by atoms with Gasteiger partial charge in [0.2, 0.25) is 0 Å². The van der Waals surface area contributed by atoms with Gasteiger partial charge in [0.1, 0.15) is 5.75 Å². The summed E-state index contributed by atoms with van der Waals surface area (Å²) in [6.45, 7) is -3.71. The summed E-state index contributed by atoms with van der Waals surface area (Å²) in [5, 5.41) is 5.17. The van der Waals surface area contributed by atoms with Crippen molar-refractivity contribution in [2.24, 2.45) is 4.99 Å². The third-order valence-electron chi connectivity index (χ3n) is 2.39. The van der Waals surface area contributed by atoms with Crippen LogP contribution in [0.5, 0.6) is 5.75 Å². The van der Waals surface area contributed by atoms with Gasteiger partial charge in [-0.2, -0.15) is 8.78 Å². The number of alkyl halides is 4. The average molecular weight is 362 g/mol. The summed E-state index contributed by atoms with van der Waals surface area (Å²) in [7, 11) is 1.38. The molecule has 0 bridgehead atoms. The van der Waals surface area contributed by atoms with Crippen LogP contribution in [-0.2, 0) is 6.54 Å². The standard InChI is InChI=1S/C12H13Cl2F4N3O/c1-19-12(21-5-9(15)16)20-4-6-2-7(13)3-8(14)10(6)22-11(17)18/h2-3,9,11H,4-5H2,1H3,(H2,19,20,21). The van der Waals surface area contributed by atoms with Gasteiger partial charge in [-0.25, -0.2) is 8.78 Å². The van der Waals surface area contributed by atoms with Gasteiger partial charge in [0.25, 0.3) is 6.43 Å². The number of halogens is 6. The number of nitrogens with zero attached hydrogens (tertiary/aromatic N) is 1. The van der Waals surface area contributed by atoms with Crippen molar-refractivity contribution in [3.63, 3.8) is 0 Å². The number of benzene rings is 1. The smallest absolute Gasteiger partial charge is 0.387 e. The summed E-state index contributed by atoms with van der Waals surface area (Å²) in [6, 6.07) is 2.63. The molecule has 0 spiro atoms. The van der Waals surface area contributed by atoms with Crippen LogP contribution < -0.4 is 15.4 Å². The zero-order chi connectivity index (χ0) is 16.7. The van der Waals surface area contributed by atoms with Crippen molar-refractivity contribution in [1.29, 1.82) is 0 Å². The van der Waals surface area contributed by atoms with E-state index < -0.39 is 19.6 Å². The van der Waals surface area contributed by atoms with E-state index in [1.54, 1.807) is 0 Å². The van der Waals surface area contributed by atoms with Gasteiger partial charge >= 0.3 is 6.61 Å². The molecule has 1 aromatic rings. The SMILES string of the molecule is CN=C(NCc1cc(Cl)cc(Cl)c1OC(F)F)NCC(F)F. The van der Waals surface area contributed by atoms with Gasteiger partial charge in [-0.15, -0.1) is 0 Å². The minimum atomic E-state index is -3.06. The fraction of sp³-hybridized carbons (Fsp3) is 0.417. The number of ether oxygens (including phenoxy) is 1. The molecule has 0 heterocycles. The number of hydrogen-bond donors (Lipinski definition) is 2. The lowest BCUT2D eigenvalue weighted by Gasteiger charge is -2.15. The van der Waals surface area contributed by atoms with Gasteiger partial charge in [-0.1, -0.05) is 23.2 Å². The number of aliphatic imine (C=N–C) groups is 1. The minimum Gasteiger partial charge on any atom is -0.433 e. The van der Waals surface area contributed by atoms with Crippen LogP contribution in [0.4, 0.5) is 17.6 Å². The molecule has 2 N–H and O–H groups in total. The number of rotatable bonds is 6. The second kappa shape index (κ2) is 8.89. The fourth-order valence-corrected chi connectivity index (χ4v) is 2.12. The average Bonchev–Trinajstić information content (AvgIpc) is 2.41. The lowest BCUT2D eigenvalue weighted by atomic mass is 10.2. The maximum Gasteiger partial charge on any atom is 0.387 e. The summed E-state index contributed by atoms with van der Waals surface area (Å²) in [6.07, 6.45) is -2.56. The van der Waals surface area contributed by atoms with Gasteiger partial charge in [-0.05, 0) is 12.1 Å². The molecule has 0 radical (unpaired) electrons. The quantitative estimate of drug-likeness (QED) is 0.463. The van der Waals surface area contributed by atoms with Crippen LogP contribution in [0.3, 0.4) is 0 Å². The zero-order valence-electron chi connectivity index (χ0n) is 11.3. The highest BCUT2D eigenvalue weighted by Crippen LogP contribution is 2.33. The maximum atomic E-state index is 12.4. The molecule has 0 fully saturated rings. The molecule has 22 heavy (non-hydrogen) atoms. The summed E-state index contributed by atoms with van der Waals surface area (Å²) in [4.78, 5) is 3.72. The monoisotopic (exact) mass is 361 g/mol. The van der Waals surface area contributed by atoms with Crippen molar-refractivity contribution >= 4 is 29.2 Å². The highest BCUT2D eigenvalue weighted by Gasteiger charge is 2.15. The second-order valence-electron chi connectivity index (χ2n) is 3.95. The van der Waals surface area contributed by atoms with E-state index in [4.69, 9.17) is 23.2 Å². The number of guanidine groups is 1. The van der Waals surface area contributed by atoms with Gasteiger partial charge in [0.05, 0.1) is 11.6 Å². The Balaban J connectivity index is 2.83. The first-order valence-corrected chi connectivity index (χ1v) is 6.74. The molecule has 10 heteroatoms. The van der Waals surface area contributed by atoms with Crippen molar-refractivity contribution in [2.75, 3.05) is 13.6 Å². The molecular formula is C12H13Cl2F4N3O. The molecule has 0 aliphatic heterocycles. The van der Waals surface area contributed by atoms with Crippen LogP contribution in [0.2, 0.25) is 10.0 Å². The fourth-order valence-electron chi connectivity index (χ4n) is 1.54. The van der Waals surface area contributed by atoms with Crippen molar-refractivity contribution in [1.82, 2.24) is 10.6 Å². The van der Waals surface area contributed by atoms with Crippen molar-refractivity contribution < 1.29 is 22.3 Å². The molecule has 0 aliphatic carbocycles. The molecule has 1 rings (SSSR count). The lowest BCUT2D eigenvalue weighted by Crippen LogP contribution is -2.39. The highest BCUT2D eigenvalue weighted by atomic mass is 35.5. The third-order valence-corrected chi connectivity index (χ3v) is 2.88. The summed E-state index contributed by atoms with van der Waals surface area (Å²) in [5.41, 5.74) is 0.234. The predicted octanol–water partition coefficient (Wildman–Crippen LogP) is 3.52. The van der Waals surface area contributed by atoms with Gasteiger partial charge in [0, 0.05) is 24.2 Å². The van der Waals surface area contributed by atoms with Crippen LogP contribution in [0.15, 0.2) is 17.1 Å². The Kier molecular flexibility index (Phi) is 7.53. The molecule has 124 valence electrons. The van der Waals surface area contributed by atoms with E-state index in [2.05, 4.69) is 20.4 Å². The van der Waals surface area contributed by atoms with Gasteiger partial charge in [0.15, 0.2) is 5.96 Å². The molecule has 0 aliphatic rings. The Morgan fingerprint density at radius 2 is 1.91 bits per heavy atom. The van der Waals surface area contributed by atoms with E-state index >= 15 is 0 Å². The molecule has 0 atom stereocenters. The van der Waals surface area contributed by atoms with Crippen LogP contribution >= 0.6 is 23.2 Å². The van der Waals surface area contributed by atoms with E-state index in [9.17, 15) is 17.6 Å². The maximum absolute atomic E-state index is 12.4. The Morgan fingerprint density at radius 3 is 2.45 bits per heavy atom. The zero-order valence-corrected chi connectivity index (χ0v) is 12.9. The van der Waals surface area contributed by atoms with Crippen molar-refractivity contribution in [2.45, 2.75) is 19.6 Å². The van der Waals surface area contributed by atoms with E-state index in [-0.39, 0.29) is 33.9 Å². The van der Waals surface area contributed by atoms with Crippen LogP contribution in [0.25, 0.3) is 0 Å². The highest BCUT2D eigenvalue weighted by molar-refractivity contribution is 6.35. The minimum absolute atomic E-state index is 0.0504. The molecule has 1 aromatic carbocycles. The first kappa shape index (κ1) is 18.6. The van der Waals surface area contributed by atoms with E-state index in [1.165, 1.54) is 19.2 Å². The topological polar surface area (TPSA) is 45.7 Å². The normalized spacial score (nSPS) is 12.0. The molecule has 0 unspecified atom stereocenters. The molecule has 4 nitrogen and oxygen atoms in total. The Morgan fingerprint density at radius 1 is 1.23 bits per heavy atom. The van der Waals surface area contributed by atoms with Gasteiger partial charge < -0.3 is 15.4 Å². The molecule has 0 amide bonds. The first-order chi connectivity index (χ1) is 10.3. The van der Waals surface area contributed by atoms with E-state index in [0.29, 0.717) is 0 Å². The largest absolute Gasteiger partial charge is 0.433 e.